The number of rotatable bonds is 4. The van der Waals surface area contributed by atoms with Crippen LogP contribution in [0, 0.1) is 0 Å². The number of hydrogen-bond acceptors (Lipinski definition) is 6. The van der Waals surface area contributed by atoms with Crippen LogP contribution in [0.5, 0.6) is 0 Å². The molecule has 0 unspecified atom stereocenters. The van der Waals surface area contributed by atoms with E-state index in [9.17, 15) is 9.59 Å². The van der Waals surface area contributed by atoms with Gasteiger partial charge in [-0.2, -0.15) is 4.37 Å². The average molecular weight is 322 g/mol. The van der Waals surface area contributed by atoms with Crippen LogP contribution in [0.4, 0.5) is 5.13 Å². The van der Waals surface area contributed by atoms with Crippen molar-refractivity contribution in [1.29, 1.82) is 0 Å². The second kappa shape index (κ2) is 6.32. The van der Waals surface area contributed by atoms with Gasteiger partial charge < -0.3 is 5.32 Å². The monoisotopic (exact) mass is 322 g/mol. The Morgan fingerprint density at radius 2 is 1.77 bits per heavy atom. The summed E-state index contributed by atoms with van der Waals surface area (Å²) in [6, 6.07) is 0.457. The quantitative estimate of drug-likeness (QED) is 0.862. The molecule has 2 aliphatic rings. The molecule has 120 valence electrons. The second-order valence-electron chi connectivity index (χ2n) is 6.42. The van der Waals surface area contributed by atoms with Gasteiger partial charge in [0.25, 0.3) is 0 Å². The van der Waals surface area contributed by atoms with Crippen LogP contribution in [-0.4, -0.2) is 38.2 Å². The fourth-order valence-corrected chi connectivity index (χ4v) is 3.97. The van der Waals surface area contributed by atoms with Crippen molar-refractivity contribution >= 4 is 28.5 Å². The second-order valence-corrected chi connectivity index (χ2v) is 7.17. The molecule has 3 rings (SSSR count). The van der Waals surface area contributed by atoms with E-state index in [0.717, 1.165) is 36.6 Å². The third kappa shape index (κ3) is 3.14. The van der Waals surface area contributed by atoms with Gasteiger partial charge in [-0.25, -0.2) is 4.98 Å². The number of anilines is 1. The summed E-state index contributed by atoms with van der Waals surface area (Å²) in [5.41, 5.74) is 0. The summed E-state index contributed by atoms with van der Waals surface area (Å²) in [6.45, 7) is 4.17. The Morgan fingerprint density at radius 1 is 1.14 bits per heavy atom. The molecule has 2 fully saturated rings. The highest BCUT2D eigenvalue weighted by molar-refractivity contribution is 7.09. The fourth-order valence-electron chi connectivity index (χ4n) is 3.18. The van der Waals surface area contributed by atoms with Gasteiger partial charge in [-0.1, -0.05) is 13.8 Å². The molecule has 1 saturated carbocycles. The Hall–Kier alpha value is -1.50. The largest absolute Gasteiger partial charge is 0.358 e. The van der Waals surface area contributed by atoms with Crippen LogP contribution >= 0.6 is 11.5 Å². The van der Waals surface area contributed by atoms with E-state index in [-0.39, 0.29) is 17.9 Å². The number of nitrogens with one attached hydrogen (secondary N) is 1. The van der Waals surface area contributed by atoms with Crippen molar-refractivity contribution in [3.8, 4) is 0 Å². The molecule has 22 heavy (non-hydrogen) atoms. The number of carbonyl (C=O) groups excluding carboxylic acids is 2. The van der Waals surface area contributed by atoms with Crippen molar-refractivity contribution in [3.05, 3.63) is 5.82 Å². The lowest BCUT2D eigenvalue weighted by atomic mass is 9.90. The molecule has 0 radical (unpaired) electrons. The third-order valence-corrected chi connectivity index (χ3v) is 5.10. The minimum Gasteiger partial charge on any atom is -0.358 e. The van der Waals surface area contributed by atoms with Crippen LogP contribution in [0.25, 0.3) is 0 Å². The van der Waals surface area contributed by atoms with Gasteiger partial charge in [-0.15, -0.1) is 0 Å². The molecule has 0 atom stereocenters. The van der Waals surface area contributed by atoms with Gasteiger partial charge in [0.05, 0.1) is 0 Å². The zero-order chi connectivity index (χ0) is 15.7. The molecule has 1 aromatic heterocycles. The van der Waals surface area contributed by atoms with Gasteiger partial charge >= 0.3 is 0 Å². The van der Waals surface area contributed by atoms with Crippen molar-refractivity contribution in [1.82, 2.24) is 14.3 Å². The molecule has 1 aliphatic heterocycles. The molecule has 1 N–H and O–H groups in total. The molecule has 2 heterocycles. The number of likely N-dealkylation sites (tertiary alicyclic amines) is 1. The van der Waals surface area contributed by atoms with E-state index in [1.165, 1.54) is 16.4 Å². The van der Waals surface area contributed by atoms with Crippen LogP contribution in [0.15, 0.2) is 0 Å². The zero-order valence-electron chi connectivity index (χ0n) is 13.0. The number of amides is 2. The molecule has 0 bridgehead atoms. The lowest BCUT2D eigenvalue weighted by molar-refractivity contribution is -0.141. The number of nitrogens with zero attached hydrogens (tertiary/aromatic N) is 3. The van der Waals surface area contributed by atoms with Gasteiger partial charge in [0.2, 0.25) is 16.9 Å². The first-order valence-electron chi connectivity index (χ1n) is 7.99. The number of carbonyl (C=O) groups is 2. The summed E-state index contributed by atoms with van der Waals surface area (Å²) in [7, 11) is 0. The zero-order valence-corrected chi connectivity index (χ0v) is 13.9. The summed E-state index contributed by atoms with van der Waals surface area (Å²) >= 11 is 1.41. The molecule has 1 saturated heterocycles. The van der Waals surface area contributed by atoms with Crippen LogP contribution in [0.3, 0.4) is 0 Å². The minimum atomic E-state index is 0.00658. The number of aromatic nitrogens is 2. The first kappa shape index (κ1) is 15.4. The van der Waals surface area contributed by atoms with E-state index in [4.69, 9.17) is 0 Å². The summed E-state index contributed by atoms with van der Waals surface area (Å²) in [6.07, 6.45) is 4.45. The van der Waals surface area contributed by atoms with E-state index in [0.29, 0.717) is 24.8 Å². The van der Waals surface area contributed by atoms with E-state index in [1.807, 2.05) is 0 Å². The SMILES string of the molecule is CC(C)c1nsc(NC2CCC(N3C(=O)CCC3=O)CC2)n1. The molecule has 7 heteroatoms. The number of hydrogen-bond donors (Lipinski definition) is 1. The van der Waals surface area contributed by atoms with Crippen LogP contribution in [0.1, 0.15) is 64.1 Å². The standard InChI is InChI=1S/C15H22N4O2S/c1-9(2)14-17-15(22-18-14)16-10-3-5-11(6-4-10)19-12(20)7-8-13(19)21/h9-11H,3-8H2,1-2H3,(H,16,17,18). The van der Waals surface area contributed by atoms with Gasteiger partial charge in [0, 0.05) is 42.4 Å². The fraction of sp³-hybridized carbons (Fsp3) is 0.733. The molecule has 0 aromatic carbocycles. The predicted molar refractivity (Wildman–Crippen MR) is 84.8 cm³/mol. The van der Waals surface area contributed by atoms with E-state index >= 15 is 0 Å². The molecule has 1 aliphatic carbocycles. The maximum absolute atomic E-state index is 11.8. The maximum Gasteiger partial charge on any atom is 0.229 e. The Kier molecular flexibility index (Phi) is 4.42. The molecular weight excluding hydrogens is 300 g/mol. The Balaban J connectivity index is 1.53. The van der Waals surface area contributed by atoms with Crippen LogP contribution in [-0.2, 0) is 9.59 Å². The van der Waals surface area contributed by atoms with Crippen LogP contribution < -0.4 is 5.32 Å². The van der Waals surface area contributed by atoms with Crippen molar-refractivity contribution in [2.24, 2.45) is 0 Å². The third-order valence-electron chi connectivity index (χ3n) is 4.44. The van der Waals surface area contributed by atoms with Crippen LogP contribution in [0.2, 0.25) is 0 Å². The lowest BCUT2D eigenvalue weighted by Crippen LogP contribution is -2.43. The van der Waals surface area contributed by atoms with E-state index in [1.54, 1.807) is 0 Å². The molecule has 2 amide bonds. The highest BCUT2D eigenvalue weighted by atomic mass is 32.1. The van der Waals surface area contributed by atoms with E-state index in [2.05, 4.69) is 28.5 Å². The first-order valence-corrected chi connectivity index (χ1v) is 8.77. The average Bonchev–Trinajstić information content (AvgIpc) is 3.08. The van der Waals surface area contributed by atoms with Crippen molar-refractivity contribution in [2.75, 3.05) is 5.32 Å². The topological polar surface area (TPSA) is 75.2 Å². The van der Waals surface area contributed by atoms with Gasteiger partial charge in [-0.05, 0) is 25.7 Å². The van der Waals surface area contributed by atoms with Gasteiger partial charge in [0.1, 0.15) is 5.82 Å². The first-order chi connectivity index (χ1) is 10.5. The predicted octanol–water partition coefficient (Wildman–Crippen LogP) is 2.53. The summed E-state index contributed by atoms with van der Waals surface area (Å²) < 4.78 is 4.35. The van der Waals surface area contributed by atoms with E-state index < -0.39 is 0 Å². The molecule has 1 aromatic rings. The minimum absolute atomic E-state index is 0.00658. The van der Waals surface area contributed by atoms with Gasteiger partial charge in [0.15, 0.2) is 0 Å². The Bertz CT molecular complexity index is 548. The summed E-state index contributed by atoms with van der Waals surface area (Å²) in [5, 5.41) is 4.32. The molecule has 6 nitrogen and oxygen atoms in total. The highest BCUT2D eigenvalue weighted by Crippen LogP contribution is 2.29. The molecular formula is C15H22N4O2S. The Labute approximate surface area is 134 Å². The van der Waals surface area contributed by atoms with Gasteiger partial charge in [-0.3, -0.25) is 14.5 Å². The maximum atomic E-state index is 11.8. The highest BCUT2D eigenvalue weighted by Gasteiger charge is 2.36. The Morgan fingerprint density at radius 3 is 2.32 bits per heavy atom. The number of imide groups is 1. The smallest absolute Gasteiger partial charge is 0.229 e. The van der Waals surface area contributed by atoms with Crippen molar-refractivity contribution in [3.63, 3.8) is 0 Å². The lowest BCUT2D eigenvalue weighted by Gasteiger charge is -2.33. The normalized spacial score (nSPS) is 26.0. The summed E-state index contributed by atoms with van der Waals surface area (Å²) in [4.78, 5) is 29.6. The van der Waals surface area contributed by atoms with Crippen molar-refractivity contribution in [2.45, 2.75) is 70.4 Å². The summed E-state index contributed by atoms with van der Waals surface area (Å²) in [5.74, 6) is 1.24. The molecule has 0 spiro atoms. The van der Waals surface area contributed by atoms with Crippen molar-refractivity contribution < 1.29 is 9.59 Å².